The maximum absolute atomic E-state index is 3.98. The lowest BCUT2D eigenvalue weighted by Crippen LogP contribution is -2.12. The van der Waals surface area contributed by atoms with E-state index in [2.05, 4.69) is 21.7 Å². The molecule has 2 heterocycles. The Kier molecular flexibility index (Phi) is 1.41. The third kappa shape index (κ3) is 0.923. The Morgan fingerprint density at radius 3 is 3.60 bits per heavy atom. The van der Waals surface area contributed by atoms with Crippen LogP contribution in [0.2, 0.25) is 0 Å². The van der Waals surface area contributed by atoms with Crippen molar-refractivity contribution in [1.29, 1.82) is 0 Å². The molecule has 0 aromatic carbocycles. The second-order valence-corrected chi connectivity index (χ2v) is 3.93. The van der Waals surface area contributed by atoms with E-state index < -0.39 is 0 Å². The van der Waals surface area contributed by atoms with E-state index in [-0.39, 0.29) is 0 Å². The molecule has 1 atom stereocenters. The molecule has 1 aromatic rings. The normalized spacial score (nSPS) is 24.3. The largest absolute Gasteiger partial charge is 0.309 e. The van der Waals surface area contributed by atoms with Gasteiger partial charge in [0, 0.05) is 11.8 Å². The summed E-state index contributed by atoms with van der Waals surface area (Å²) in [5.41, 5.74) is 0. The minimum atomic E-state index is 0.705. The standard InChI is InChI=1S/C6H9N3S/c1-5-2-3-9-4-7-8-6(9)10-5/h4-5H,2-3H2,1H3. The molecule has 0 radical (unpaired) electrons. The van der Waals surface area contributed by atoms with E-state index in [1.807, 2.05) is 11.8 Å². The van der Waals surface area contributed by atoms with Crippen LogP contribution in [0.5, 0.6) is 0 Å². The number of fused-ring (bicyclic) bond motifs is 1. The third-order valence-electron chi connectivity index (χ3n) is 1.66. The van der Waals surface area contributed by atoms with Crippen LogP contribution in [0.4, 0.5) is 0 Å². The maximum Gasteiger partial charge on any atom is 0.191 e. The van der Waals surface area contributed by atoms with Gasteiger partial charge in [-0.25, -0.2) is 0 Å². The summed E-state index contributed by atoms with van der Waals surface area (Å²) in [6.45, 7) is 3.30. The highest BCUT2D eigenvalue weighted by molar-refractivity contribution is 7.99. The first-order valence-corrected chi connectivity index (χ1v) is 4.28. The molecule has 1 aromatic heterocycles. The van der Waals surface area contributed by atoms with Crippen LogP contribution in [0.3, 0.4) is 0 Å². The number of thioether (sulfide) groups is 1. The number of nitrogens with zero attached hydrogens (tertiary/aromatic N) is 3. The van der Waals surface area contributed by atoms with E-state index in [0.29, 0.717) is 5.25 Å². The summed E-state index contributed by atoms with van der Waals surface area (Å²) in [7, 11) is 0. The van der Waals surface area contributed by atoms with Crippen molar-refractivity contribution in [1.82, 2.24) is 14.8 Å². The van der Waals surface area contributed by atoms with Crippen LogP contribution in [-0.4, -0.2) is 20.0 Å². The van der Waals surface area contributed by atoms with Crippen LogP contribution in [0.25, 0.3) is 0 Å². The van der Waals surface area contributed by atoms with Gasteiger partial charge in [-0.2, -0.15) is 0 Å². The predicted molar refractivity (Wildman–Crippen MR) is 40.0 cm³/mol. The fraction of sp³-hybridized carbons (Fsp3) is 0.667. The number of hydrogen-bond donors (Lipinski definition) is 0. The van der Waals surface area contributed by atoms with Gasteiger partial charge >= 0.3 is 0 Å². The highest BCUT2D eigenvalue weighted by Crippen LogP contribution is 2.27. The van der Waals surface area contributed by atoms with E-state index in [9.17, 15) is 0 Å². The van der Waals surface area contributed by atoms with E-state index in [0.717, 1.165) is 11.7 Å². The van der Waals surface area contributed by atoms with Gasteiger partial charge in [0.1, 0.15) is 6.33 Å². The summed E-state index contributed by atoms with van der Waals surface area (Å²) in [6, 6.07) is 0. The molecule has 0 saturated heterocycles. The van der Waals surface area contributed by atoms with Gasteiger partial charge in [-0.15, -0.1) is 10.2 Å². The molecular formula is C6H9N3S. The summed E-state index contributed by atoms with van der Waals surface area (Å²) in [6.07, 6.45) is 3.03. The molecule has 0 fully saturated rings. The topological polar surface area (TPSA) is 30.7 Å². The fourth-order valence-corrected chi connectivity index (χ4v) is 2.00. The van der Waals surface area contributed by atoms with Crippen LogP contribution in [-0.2, 0) is 6.54 Å². The van der Waals surface area contributed by atoms with Gasteiger partial charge in [-0.3, -0.25) is 0 Å². The molecule has 0 amide bonds. The molecule has 1 aliphatic rings. The Morgan fingerprint density at radius 1 is 1.80 bits per heavy atom. The molecular weight excluding hydrogens is 146 g/mol. The van der Waals surface area contributed by atoms with Crippen molar-refractivity contribution < 1.29 is 0 Å². The molecule has 54 valence electrons. The summed E-state index contributed by atoms with van der Waals surface area (Å²) in [4.78, 5) is 0. The lowest BCUT2D eigenvalue weighted by Gasteiger charge is -2.17. The van der Waals surface area contributed by atoms with Gasteiger partial charge in [0.05, 0.1) is 0 Å². The molecule has 2 rings (SSSR count). The molecule has 4 heteroatoms. The number of hydrogen-bond acceptors (Lipinski definition) is 3. The molecule has 1 unspecified atom stereocenters. The van der Waals surface area contributed by atoms with Crippen LogP contribution in [0.15, 0.2) is 11.5 Å². The zero-order valence-electron chi connectivity index (χ0n) is 5.82. The van der Waals surface area contributed by atoms with Gasteiger partial charge in [0.2, 0.25) is 0 Å². The zero-order chi connectivity index (χ0) is 6.97. The summed E-state index contributed by atoms with van der Waals surface area (Å²) >= 11 is 1.81. The van der Waals surface area contributed by atoms with Crippen LogP contribution in [0.1, 0.15) is 13.3 Å². The monoisotopic (exact) mass is 155 g/mol. The van der Waals surface area contributed by atoms with Crippen molar-refractivity contribution in [3.8, 4) is 0 Å². The molecule has 1 aliphatic heterocycles. The third-order valence-corrected chi connectivity index (χ3v) is 2.83. The minimum absolute atomic E-state index is 0.705. The Hall–Kier alpha value is -0.510. The first-order valence-electron chi connectivity index (χ1n) is 3.41. The Balaban J connectivity index is 2.30. The molecule has 0 aliphatic carbocycles. The number of aryl methyl sites for hydroxylation is 1. The second-order valence-electron chi connectivity index (χ2n) is 2.52. The number of aromatic nitrogens is 3. The molecule has 0 N–H and O–H groups in total. The highest BCUT2D eigenvalue weighted by atomic mass is 32.2. The van der Waals surface area contributed by atoms with Crippen LogP contribution in [0, 0.1) is 0 Å². The van der Waals surface area contributed by atoms with Crippen molar-refractivity contribution in [2.24, 2.45) is 0 Å². The smallest absolute Gasteiger partial charge is 0.191 e. The van der Waals surface area contributed by atoms with E-state index in [1.165, 1.54) is 6.42 Å². The molecule has 0 bridgehead atoms. The van der Waals surface area contributed by atoms with Crippen LogP contribution >= 0.6 is 11.8 Å². The highest BCUT2D eigenvalue weighted by Gasteiger charge is 2.15. The first kappa shape index (κ1) is 6.22. The molecule has 3 nitrogen and oxygen atoms in total. The molecule has 0 spiro atoms. The van der Waals surface area contributed by atoms with E-state index in [4.69, 9.17) is 0 Å². The van der Waals surface area contributed by atoms with Crippen molar-refractivity contribution in [2.75, 3.05) is 0 Å². The van der Waals surface area contributed by atoms with Crippen molar-refractivity contribution in [3.05, 3.63) is 6.33 Å². The summed E-state index contributed by atoms with van der Waals surface area (Å²) < 4.78 is 2.10. The first-order chi connectivity index (χ1) is 4.86. The van der Waals surface area contributed by atoms with Gasteiger partial charge in [-0.1, -0.05) is 18.7 Å². The maximum atomic E-state index is 3.98. The average Bonchev–Trinajstić information content (AvgIpc) is 2.33. The fourth-order valence-electron chi connectivity index (χ4n) is 1.05. The molecule has 0 saturated carbocycles. The van der Waals surface area contributed by atoms with Gasteiger partial charge in [0.25, 0.3) is 0 Å². The number of rotatable bonds is 0. The Bertz CT molecular complexity index is 233. The zero-order valence-corrected chi connectivity index (χ0v) is 6.64. The van der Waals surface area contributed by atoms with Crippen LogP contribution < -0.4 is 0 Å². The van der Waals surface area contributed by atoms with Crippen molar-refractivity contribution in [2.45, 2.75) is 30.3 Å². The summed E-state index contributed by atoms with van der Waals surface area (Å²) in [5, 5.41) is 9.59. The second kappa shape index (κ2) is 2.27. The van der Waals surface area contributed by atoms with Gasteiger partial charge in [0.15, 0.2) is 5.16 Å². The molecule has 10 heavy (non-hydrogen) atoms. The quantitative estimate of drug-likeness (QED) is 0.563. The summed E-state index contributed by atoms with van der Waals surface area (Å²) in [5.74, 6) is 0. The Morgan fingerprint density at radius 2 is 2.70 bits per heavy atom. The van der Waals surface area contributed by atoms with Gasteiger partial charge < -0.3 is 4.57 Å². The lowest BCUT2D eigenvalue weighted by molar-refractivity contribution is 0.570. The SMILES string of the molecule is CC1CCn2cnnc2S1. The average molecular weight is 155 g/mol. The van der Waals surface area contributed by atoms with Crippen molar-refractivity contribution in [3.63, 3.8) is 0 Å². The van der Waals surface area contributed by atoms with Gasteiger partial charge in [-0.05, 0) is 6.42 Å². The lowest BCUT2D eigenvalue weighted by atomic mass is 10.3. The predicted octanol–water partition coefficient (Wildman–Crippen LogP) is 1.16. The van der Waals surface area contributed by atoms with E-state index >= 15 is 0 Å². The van der Waals surface area contributed by atoms with Crippen molar-refractivity contribution >= 4 is 11.8 Å². The Labute approximate surface area is 63.8 Å². The minimum Gasteiger partial charge on any atom is -0.309 e. The van der Waals surface area contributed by atoms with E-state index in [1.54, 1.807) is 6.33 Å².